The van der Waals surface area contributed by atoms with Crippen LogP contribution >= 0.6 is 0 Å². The molecule has 8 amide bonds. The van der Waals surface area contributed by atoms with E-state index >= 15 is 0 Å². The monoisotopic (exact) mass is 858 g/mol. The normalized spacial score (nSPS) is 17.4. The minimum Gasteiger partial charge on any atom is -0.508 e. The maximum Gasteiger partial charge on any atom is 0.325 e. The molecule has 4 aliphatic heterocycles. The molecule has 4 aromatic rings. The number of phenolic OH excluding ortho intramolecular Hbond substituents is 1. The molecule has 1 unspecified atom stereocenters. The average molecular weight is 859 g/mol. The molecule has 3 N–H and O–H groups in total. The minimum atomic E-state index is -1.10. The van der Waals surface area contributed by atoms with Crippen molar-refractivity contribution in [2.45, 2.75) is 37.9 Å². The summed E-state index contributed by atoms with van der Waals surface area (Å²) < 4.78 is 17.3. The maximum atomic E-state index is 14.1. The topological polar surface area (TPSA) is 204 Å². The molecule has 0 bridgehead atoms. The van der Waals surface area contributed by atoms with E-state index in [9.17, 15) is 38.7 Å². The second kappa shape index (κ2) is 18.5. The number of piperidine rings is 1. The predicted octanol–water partition coefficient (Wildman–Crippen LogP) is 3.37. The van der Waals surface area contributed by atoms with E-state index in [-0.39, 0.29) is 112 Å². The molecule has 2 saturated heterocycles. The zero-order chi connectivity index (χ0) is 44.2. The van der Waals surface area contributed by atoms with Gasteiger partial charge in [-0.2, -0.15) is 0 Å². The van der Waals surface area contributed by atoms with Gasteiger partial charge < -0.3 is 34.4 Å². The molecule has 0 aliphatic carbocycles. The lowest BCUT2D eigenvalue weighted by Crippen LogP contribution is -2.64. The molecule has 4 aliphatic rings. The second-order valence-corrected chi connectivity index (χ2v) is 15.5. The molecule has 4 heterocycles. The van der Waals surface area contributed by atoms with Gasteiger partial charge in [-0.15, -0.1) is 0 Å². The Morgan fingerprint density at radius 1 is 0.873 bits per heavy atom. The third-order valence-electron chi connectivity index (χ3n) is 11.6. The van der Waals surface area contributed by atoms with Crippen LogP contribution < -0.4 is 20.3 Å². The van der Waals surface area contributed by atoms with Crippen molar-refractivity contribution in [3.63, 3.8) is 0 Å². The highest BCUT2D eigenvalue weighted by Crippen LogP contribution is 2.39. The van der Waals surface area contributed by atoms with Crippen LogP contribution in [-0.4, -0.2) is 133 Å². The summed E-state index contributed by atoms with van der Waals surface area (Å²) in [5, 5.41) is 17.3. The van der Waals surface area contributed by atoms with Gasteiger partial charge in [0.15, 0.2) is 0 Å². The van der Waals surface area contributed by atoms with E-state index in [0.29, 0.717) is 19.6 Å². The lowest BCUT2D eigenvalue weighted by atomic mass is 9.95. The molecule has 4 aromatic carbocycles. The molecule has 17 heteroatoms. The largest absolute Gasteiger partial charge is 0.508 e. The van der Waals surface area contributed by atoms with Gasteiger partial charge in [0.25, 0.3) is 11.8 Å². The van der Waals surface area contributed by atoms with Crippen LogP contribution in [0.4, 0.5) is 10.5 Å². The van der Waals surface area contributed by atoms with E-state index in [1.54, 1.807) is 32.9 Å². The van der Waals surface area contributed by atoms with Gasteiger partial charge in [-0.05, 0) is 70.3 Å². The zero-order valence-electron chi connectivity index (χ0n) is 34.4. The van der Waals surface area contributed by atoms with Crippen LogP contribution in [0.25, 0.3) is 21.9 Å². The number of rotatable bonds is 17. The van der Waals surface area contributed by atoms with Crippen LogP contribution in [0.1, 0.15) is 45.5 Å². The van der Waals surface area contributed by atoms with Gasteiger partial charge in [0.05, 0.1) is 62.4 Å². The van der Waals surface area contributed by atoms with Crippen molar-refractivity contribution in [2.75, 3.05) is 64.1 Å². The van der Waals surface area contributed by atoms with Crippen molar-refractivity contribution in [3.05, 3.63) is 102 Å². The highest BCUT2D eigenvalue weighted by molar-refractivity contribution is 6.24. The van der Waals surface area contributed by atoms with Crippen LogP contribution in [0.3, 0.4) is 0 Å². The molecule has 1 atom stereocenters. The molecule has 63 heavy (non-hydrogen) atoms. The van der Waals surface area contributed by atoms with E-state index in [1.165, 1.54) is 18.2 Å². The maximum absolute atomic E-state index is 14.1. The average Bonchev–Trinajstić information content (AvgIpc) is 3.51. The molecular weight excluding hydrogens is 813 g/mol. The molecule has 0 spiro atoms. The lowest BCUT2D eigenvalue weighted by Gasteiger charge is -2.48. The van der Waals surface area contributed by atoms with Gasteiger partial charge in [0, 0.05) is 32.5 Å². The number of urea groups is 1. The van der Waals surface area contributed by atoms with Gasteiger partial charge in [0.1, 0.15) is 24.1 Å². The summed E-state index contributed by atoms with van der Waals surface area (Å²) in [5.74, 6) is -2.67. The summed E-state index contributed by atoms with van der Waals surface area (Å²) in [4.78, 5) is 95.0. The molecule has 0 radical (unpaired) electrons. The number of hydrogen-bond donors (Lipinski definition) is 3. The van der Waals surface area contributed by atoms with Crippen LogP contribution in [0.15, 0.2) is 85.5 Å². The quantitative estimate of drug-likeness (QED) is 0.0798. The molecule has 2 fully saturated rings. The van der Waals surface area contributed by atoms with Crippen LogP contribution in [0, 0.1) is 0 Å². The van der Waals surface area contributed by atoms with Crippen molar-refractivity contribution in [1.29, 1.82) is 0 Å². The Morgan fingerprint density at radius 3 is 2.46 bits per heavy atom. The Labute approximate surface area is 362 Å². The van der Waals surface area contributed by atoms with Gasteiger partial charge in [0.2, 0.25) is 23.6 Å². The van der Waals surface area contributed by atoms with Crippen molar-refractivity contribution in [2.24, 2.45) is 0 Å². The molecular formula is C46H46N6O11. The summed E-state index contributed by atoms with van der Waals surface area (Å²) in [7, 11) is 0. The van der Waals surface area contributed by atoms with E-state index in [2.05, 4.69) is 17.2 Å². The van der Waals surface area contributed by atoms with Gasteiger partial charge in [-0.1, -0.05) is 49.0 Å². The van der Waals surface area contributed by atoms with Gasteiger partial charge in [-0.25, -0.2) is 4.79 Å². The summed E-state index contributed by atoms with van der Waals surface area (Å²) in [5.41, 5.74) is 3.49. The number of nitrogens with one attached hydrogen (secondary N) is 2. The first kappa shape index (κ1) is 42.6. The summed E-state index contributed by atoms with van der Waals surface area (Å²) in [6.07, 6.45) is 1.39. The second-order valence-electron chi connectivity index (χ2n) is 15.5. The van der Waals surface area contributed by atoms with Crippen molar-refractivity contribution >= 4 is 57.9 Å². The van der Waals surface area contributed by atoms with Crippen molar-refractivity contribution in [1.82, 2.24) is 25.3 Å². The number of fused-ring (bicyclic) bond motifs is 3. The van der Waals surface area contributed by atoms with Crippen LogP contribution in [-0.2, 0) is 35.2 Å². The lowest BCUT2D eigenvalue weighted by molar-refractivity contribution is -0.136. The van der Waals surface area contributed by atoms with E-state index in [1.807, 2.05) is 42.5 Å². The van der Waals surface area contributed by atoms with Gasteiger partial charge >= 0.3 is 6.03 Å². The van der Waals surface area contributed by atoms with E-state index in [0.717, 1.165) is 38.1 Å². The molecule has 326 valence electrons. The first-order valence-electron chi connectivity index (χ1n) is 20.8. The third-order valence-corrected chi connectivity index (χ3v) is 11.6. The van der Waals surface area contributed by atoms with Gasteiger partial charge in [-0.3, -0.25) is 43.9 Å². The Morgan fingerprint density at radius 2 is 1.67 bits per heavy atom. The number of carbonyl (C=O) groups is 7. The molecule has 0 saturated carbocycles. The fourth-order valence-corrected chi connectivity index (χ4v) is 8.31. The number of hydrogen-bond acceptors (Lipinski definition) is 11. The zero-order valence-corrected chi connectivity index (χ0v) is 34.4. The van der Waals surface area contributed by atoms with Crippen molar-refractivity contribution in [3.8, 4) is 22.6 Å². The van der Waals surface area contributed by atoms with Crippen molar-refractivity contribution < 1.29 is 52.9 Å². The van der Waals surface area contributed by atoms with E-state index in [4.69, 9.17) is 14.2 Å². The number of benzene rings is 4. The highest BCUT2D eigenvalue weighted by Gasteiger charge is 2.46. The fraction of sp³-hybridized carbons (Fsp3) is 0.326. The standard InChI is InChI=1S/C46H46N6O11/c1-2-41(56)49-26-31(27-49)51-25-30-11-10-29(35-24-32(53)22-28-6-3-4-7-33(28)35)23-37(30)50(46(51)60)16-19-62-21-20-61-17-14-39(54)47-15-18-63-38-9-5-8-34-42(38)45(59)52(44(34)58)36-12-13-40(55)48-43(36)57/h2-11,22-24,31,36,53H,1,12-21,25-27H2,(H,47,54)(H,48,55,57). The number of anilines is 1. The first-order chi connectivity index (χ1) is 30.5. The minimum absolute atomic E-state index is 0.000681. The molecule has 8 rings (SSSR count). The number of phenols is 1. The number of ether oxygens (including phenoxy) is 3. The smallest absolute Gasteiger partial charge is 0.325 e. The third kappa shape index (κ3) is 8.83. The number of likely N-dealkylation sites (tertiary alicyclic amines) is 1. The Hall–Kier alpha value is -7.11. The first-order valence-corrected chi connectivity index (χ1v) is 20.8. The van der Waals surface area contributed by atoms with Crippen LogP contribution in [0.2, 0.25) is 0 Å². The number of aromatic hydroxyl groups is 1. The Kier molecular flexibility index (Phi) is 12.5. The highest BCUT2D eigenvalue weighted by atomic mass is 16.5. The molecule has 0 aromatic heterocycles. The Bertz CT molecular complexity index is 2520. The number of imide groups is 2. The number of nitrogens with zero attached hydrogens (tertiary/aromatic N) is 4. The number of carbonyl (C=O) groups excluding carboxylic acids is 7. The number of amides is 8. The van der Waals surface area contributed by atoms with E-state index < -0.39 is 29.7 Å². The summed E-state index contributed by atoms with van der Waals surface area (Å²) in [6, 6.07) is 20.3. The Balaban J connectivity index is 0.792. The summed E-state index contributed by atoms with van der Waals surface area (Å²) >= 11 is 0. The van der Waals surface area contributed by atoms with Crippen LogP contribution in [0.5, 0.6) is 11.5 Å². The predicted molar refractivity (Wildman–Crippen MR) is 228 cm³/mol. The summed E-state index contributed by atoms with van der Waals surface area (Å²) in [6.45, 7) is 5.89. The fourth-order valence-electron chi connectivity index (χ4n) is 8.31. The SMILES string of the molecule is C=CC(=O)N1CC(N2Cc3ccc(-c4cc(O)cc5ccccc45)cc3N(CCOCCOCCC(=O)NCCOc3cccc4c3C(=O)N(C3CCC(=O)NC3=O)C4=O)C2=O)C1. The molecule has 17 nitrogen and oxygen atoms in total.